The topological polar surface area (TPSA) is 53.3 Å². The Bertz CT molecular complexity index is 754. The van der Waals surface area contributed by atoms with Crippen LogP contribution in [0.15, 0.2) is 65.7 Å². The van der Waals surface area contributed by atoms with Crippen molar-refractivity contribution < 1.29 is 28.4 Å². The molecule has 0 N–H and O–H groups in total. The number of carbonyl (C=O) groups is 1. The Kier molecular flexibility index (Phi) is 7.55. The van der Waals surface area contributed by atoms with Crippen LogP contribution in [0.4, 0.5) is 4.56 Å². The molecule has 0 aliphatic heterocycles. The van der Waals surface area contributed by atoms with Crippen LogP contribution in [0.3, 0.4) is 0 Å². The predicted octanol–water partition coefficient (Wildman–Crippen LogP) is 1.11. The van der Waals surface area contributed by atoms with Gasteiger partial charge in [-0.1, -0.05) is 0 Å². The maximum Gasteiger partial charge on any atom is 1.00 e. The number of carbonyl (C=O) groups excluding carboxylic acids is 1. The van der Waals surface area contributed by atoms with Gasteiger partial charge in [0.05, 0.1) is 0 Å². The van der Waals surface area contributed by atoms with Crippen LogP contribution in [0.5, 0.6) is 0 Å². The second kappa shape index (κ2) is 9.65. The van der Waals surface area contributed by atoms with Gasteiger partial charge in [0.1, 0.15) is 0 Å². The van der Waals surface area contributed by atoms with E-state index >= 15 is 0 Å². The van der Waals surface area contributed by atoms with Gasteiger partial charge in [0.25, 0.3) is 0 Å². The van der Waals surface area contributed by atoms with Gasteiger partial charge in [-0.2, -0.15) is 0 Å². The van der Waals surface area contributed by atoms with Gasteiger partial charge in [-0.3, -0.25) is 0 Å². The minimum Gasteiger partial charge on any atom is 1.00 e. The normalized spacial score (nSPS) is 10.2. The Labute approximate surface area is 165 Å². The first-order chi connectivity index (χ1) is 11.8. The summed E-state index contributed by atoms with van der Waals surface area (Å²) in [6.07, 6.45) is 0. The monoisotopic (exact) mass is 392 g/mol. The van der Waals surface area contributed by atoms with Gasteiger partial charge in [-0.25, -0.2) is 0 Å². The summed E-state index contributed by atoms with van der Waals surface area (Å²) in [4.78, 5) is 16.3. The van der Waals surface area contributed by atoms with Crippen molar-refractivity contribution in [3.05, 3.63) is 87.9 Å². The minimum atomic E-state index is -0.397. The molecule has 0 aliphatic rings. The Morgan fingerprint density at radius 2 is 1.64 bits per heavy atom. The number of hydrogen-bond donors (Lipinski definition) is 0. The fourth-order valence-corrected chi connectivity index (χ4v) is 3.81. The molecular weight excluding hydrogens is 374 g/mol. The summed E-state index contributed by atoms with van der Waals surface area (Å²) in [6, 6.07) is 20.0. The third-order valence-electron chi connectivity index (χ3n) is 3.49. The summed E-state index contributed by atoms with van der Waals surface area (Å²) in [5, 5.41) is 6.65. The Hall–Kier alpha value is -1.76. The summed E-state index contributed by atoms with van der Waals surface area (Å²) in [5.74, 6) is -0.397. The van der Waals surface area contributed by atoms with E-state index in [1.54, 1.807) is 12.0 Å². The average Bonchev–Trinajstić information content (AvgIpc) is 3.10. The summed E-state index contributed by atoms with van der Waals surface area (Å²) < 4.78 is 5.82. The maximum absolute atomic E-state index is 12.1. The number of nitrogens with zero attached hydrogens (tertiary/aromatic N) is 2. The van der Waals surface area contributed by atoms with Crippen molar-refractivity contribution in [2.75, 3.05) is 6.61 Å². The number of esters is 1. The van der Waals surface area contributed by atoms with Gasteiger partial charge in [-0.15, -0.1) is 0 Å². The first-order valence-electron chi connectivity index (χ1n) is 7.71. The Balaban J connectivity index is 0.00000225. The molecule has 3 rings (SSSR count). The second-order valence-corrected chi connectivity index (χ2v) is 6.83. The summed E-state index contributed by atoms with van der Waals surface area (Å²) >= 11 is -0.0517. The van der Waals surface area contributed by atoms with Gasteiger partial charge in [0.15, 0.2) is 0 Å². The number of ether oxygens (including phenoxy) is 1. The molecule has 1 heterocycles. The summed E-state index contributed by atoms with van der Waals surface area (Å²) in [6.45, 7) is 2.12. The van der Waals surface area contributed by atoms with E-state index in [0.29, 0.717) is 12.3 Å². The van der Waals surface area contributed by atoms with Gasteiger partial charge in [0, 0.05) is 0 Å². The van der Waals surface area contributed by atoms with Gasteiger partial charge >= 0.3 is 166 Å². The molecule has 0 bridgehead atoms. The molecule has 1 aromatic heterocycles. The fraction of sp³-hybridized carbons (Fsp3) is 0.158. The molecular formula is C19H17LiN2O2Se. The van der Waals surface area contributed by atoms with E-state index in [1.807, 2.05) is 36.4 Å². The predicted molar refractivity (Wildman–Crippen MR) is 94.9 cm³/mol. The smallest absolute Gasteiger partial charge is 1.00 e. The molecule has 2 aromatic carbocycles. The van der Waals surface area contributed by atoms with Crippen LogP contribution >= 0.6 is 0 Å². The van der Waals surface area contributed by atoms with Gasteiger partial charge in [0.2, 0.25) is 0 Å². The molecule has 0 unspecified atom stereocenters. The van der Waals surface area contributed by atoms with Crippen molar-refractivity contribution in [1.29, 1.82) is 0 Å². The Morgan fingerprint density at radius 1 is 1.08 bits per heavy atom. The first kappa shape index (κ1) is 19.6. The number of benzene rings is 2. The zero-order valence-corrected chi connectivity index (χ0v) is 16.0. The van der Waals surface area contributed by atoms with E-state index in [9.17, 15) is 4.79 Å². The van der Waals surface area contributed by atoms with Crippen LogP contribution in [-0.2, 0) is 4.74 Å². The summed E-state index contributed by atoms with van der Waals surface area (Å²) in [7, 11) is 0. The van der Waals surface area contributed by atoms with Crippen LogP contribution in [0, 0.1) is 0 Å². The van der Waals surface area contributed by atoms with E-state index in [-0.39, 0.29) is 39.4 Å². The number of aromatic nitrogens is 1. The van der Waals surface area contributed by atoms with Crippen LogP contribution in [0.2, 0.25) is 0 Å². The van der Waals surface area contributed by atoms with E-state index in [1.165, 1.54) is 0 Å². The molecule has 0 spiro atoms. The second-order valence-electron chi connectivity index (χ2n) is 5.08. The molecule has 0 amide bonds. The van der Waals surface area contributed by atoms with E-state index < -0.39 is 5.97 Å². The van der Waals surface area contributed by atoms with Crippen LogP contribution < -0.4 is 18.9 Å². The van der Waals surface area contributed by atoms with Crippen molar-refractivity contribution in [2.24, 2.45) is 0 Å². The molecule has 0 fully saturated rings. The third-order valence-corrected chi connectivity index (χ3v) is 5.03. The van der Waals surface area contributed by atoms with Gasteiger partial charge < -0.3 is 0 Å². The SMILES string of the molecule is CCOC(=O)c1nc[se]c1[N-]C(c1ccccc1)c1ccccc1.[Li+]. The van der Waals surface area contributed by atoms with E-state index in [0.717, 1.165) is 15.7 Å². The van der Waals surface area contributed by atoms with Gasteiger partial charge in [-0.05, 0) is 0 Å². The zero-order chi connectivity index (χ0) is 16.8. The standard InChI is InChI=1S/C19H18N2O2Se.Li/c1-2-23-19(22)17-18(24-13-20-17)21-16(14-9-5-3-6-10-14)15-11-7-4-8-12-15;/h3-13,16H,2H2,1H3,(H,21,22);/q;+1/p-1. The minimum absolute atomic E-state index is 0. The molecule has 122 valence electrons. The molecule has 4 nitrogen and oxygen atoms in total. The van der Waals surface area contributed by atoms with E-state index in [2.05, 4.69) is 29.2 Å². The average molecular weight is 391 g/mol. The molecule has 0 radical (unpaired) electrons. The van der Waals surface area contributed by atoms with Crippen LogP contribution in [0.25, 0.3) is 5.32 Å². The van der Waals surface area contributed by atoms with Crippen LogP contribution in [-0.4, -0.2) is 32.1 Å². The van der Waals surface area contributed by atoms with E-state index in [4.69, 9.17) is 10.1 Å². The fourth-order valence-electron chi connectivity index (χ4n) is 2.40. The molecule has 0 aliphatic carbocycles. The molecule has 3 aromatic rings. The number of rotatable bonds is 6. The maximum atomic E-state index is 12.1. The molecule has 0 saturated carbocycles. The summed E-state index contributed by atoms with van der Waals surface area (Å²) in [5.41, 5.74) is 2.51. The largest absolute Gasteiger partial charge is 1.00 e. The Morgan fingerprint density at radius 3 is 2.16 bits per heavy atom. The molecule has 0 atom stereocenters. The van der Waals surface area contributed by atoms with Crippen molar-refractivity contribution >= 4 is 25.0 Å². The van der Waals surface area contributed by atoms with Crippen molar-refractivity contribution in [2.45, 2.75) is 13.0 Å². The van der Waals surface area contributed by atoms with Crippen LogP contribution in [0.1, 0.15) is 34.6 Å². The van der Waals surface area contributed by atoms with Crippen molar-refractivity contribution in [3.8, 4) is 0 Å². The third kappa shape index (κ3) is 4.87. The zero-order valence-electron chi connectivity index (χ0n) is 14.3. The molecule has 6 heteroatoms. The molecule has 0 saturated heterocycles. The quantitative estimate of drug-likeness (QED) is 0.468. The number of hydrogen-bond acceptors (Lipinski definition) is 3. The molecule has 25 heavy (non-hydrogen) atoms. The first-order valence-corrected chi connectivity index (χ1v) is 9.55. The van der Waals surface area contributed by atoms with Crippen molar-refractivity contribution in [1.82, 2.24) is 4.98 Å². The van der Waals surface area contributed by atoms with Crippen molar-refractivity contribution in [3.63, 3.8) is 0 Å².